The number of carbonyl (C=O) groups excluding carboxylic acids is 3. The van der Waals surface area contributed by atoms with Gasteiger partial charge in [0, 0.05) is 25.2 Å². The molecule has 1 aromatic carbocycles. The minimum absolute atomic E-state index is 0.0215. The number of rotatable bonds is 8. The van der Waals surface area contributed by atoms with Crippen LogP contribution in [0.2, 0.25) is 5.02 Å². The van der Waals surface area contributed by atoms with E-state index in [-0.39, 0.29) is 24.8 Å². The number of benzene rings is 1. The molecule has 4 amide bonds. The molecule has 1 rings (SSSR count). The third-order valence-corrected chi connectivity index (χ3v) is 4.23. The first-order valence-corrected chi connectivity index (χ1v) is 8.50. The molecule has 0 aliphatic rings. The molecule has 0 saturated carbocycles. The summed E-state index contributed by atoms with van der Waals surface area (Å²) in [7, 11) is 1.55. The van der Waals surface area contributed by atoms with Crippen LogP contribution < -0.4 is 11.1 Å². The maximum Gasteiger partial charge on any atom is 0.312 e. The summed E-state index contributed by atoms with van der Waals surface area (Å²) in [5.74, 6) is -0.419. The van der Waals surface area contributed by atoms with Crippen LogP contribution in [-0.2, 0) is 9.59 Å². The van der Waals surface area contributed by atoms with Gasteiger partial charge in [0.15, 0.2) is 0 Å². The number of nitrogens with two attached hydrogens (primary N) is 1. The standard InChI is InChI=1S/C17H25ClN4O3/c1-4-22(5-2)16(24)11-21(3)15(23)10-14(20-17(19)25)12-8-6-7-9-13(12)18/h6-9,14H,4-5,10-11H2,1-3H3,(H3,19,20,25). The molecule has 0 saturated heterocycles. The zero-order valence-electron chi connectivity index (χ0n) is 14.8. The number of nitrogens with zero attached hydrogens (tertiary/aromatic N) is 2. The highest BCUT2D eigenvalue weighted by Crippen LogP contribution is 2.25. The third-order valence-electron chi connectivity index (χ3n) is 3.89. The molecule has 3 N–H and O–H groups in total. The fourth-order valence-electron chi connectivity index (χ4n) is 2.47. The van der Waals surface area contributed by atoms with Crippen molar-refractivity contribution < 1.29 is 14.4 Å². The maximum atomic E-state index is 12.5. The van der Waals surface area contributed by atoms with E-state index in [0.717, 1.165) is 0 Å². The van der Waals surface area contributed by atoms with E-state index in [4.69, 9.17) is 17.3 Å². The van der Waals surface area contributed by atoms with E-state index < -0.39 is 12.1 Å². The van der Waals surface area contributed by atoms with Crippen LogP contribution in [0.5, 0.6) is 0 Å². The van der Waals surface area contributed by atoms with Crippen molar-refractivity contribution in [1.29, 1.82) is 0 Å². The van der Waals surface area contributed by atoms with Gasteiger partial charge < -0.3 is 20.9 Å². The molecule has 0 spiro atoms. The molecule has 1 unspecified atom stereocenters. The fraction of sp³-hybridized carbons (Fsp3) is 0.471. The van der Waals surface area contributed by atoms with Crippen LogP contribution in [0.4, 0.5) is 4.79 Å². The number of hydrogen-bond donors (Lipinski definition) is 2. The van der Waals surface area contributed by atoms with Crippen molar-refractivity contribution in [2.45, 2.75) is 26.3 Å². The lowest BCUT2D eigenvalue weighted by atomic mass is 10.0. The molecule has 1 atom stereocenters. The summed E-state index contributed by atoms with van der Waals surface area (Å²) < 4.78 is 0. The first kappa shape index (κ1) is 20.8. The highest BCUT2D eigenvalue weighted by atomic mass is 35.5. The Morgan fingerprint density at radius 3 is 2.28 bits per heavy atom. The molecule has 1 aromatic rings. The van der Waals surface area contributed by atoms with Gasteiger partial charge in [-0.2, -0.15) is 0 Å². The van der Waals surface area contributed by atoms with Crippen LogP contribution in [0, 0.1) is 0 Å². The summed E-state index contributed by atoms with van der Waals surface area (Å²) in [5.41, 5.74) is 5.81. The van der Waals surface area contributed by atoms with Crippen LogP contribution >= 0.6 is 11.6 Å². The second-order valence-electron chi connectivity index (χ2n) is 5.60. The zero-order valence-corrected chi connectivity index (χ0v) is 15.5. The second-order valence-corrected chi connectivity index (χ2v) is 6.01. The zero-order chi connectivity index (χ0) is 19.0. The van der Waals surface area contributed by atoms with E-state index in [1.807, 2.05) is 13.8 Å². The van der Waals surface area contributed by atoms with Gasteiger partial charge in [-0.1, -0.05) is 29.8 Å². The Balaban J connectivity index is 2.83. The van der Waals surface area contributed by atoms with Gasteiger partial charge in [0.05, 0.1) is 19.0 Å². The van der Waals surface area contributed by atoms with Crippen molar-refractivity contribution in [2.75, 3.05) is 26.7 Å². The van der Waals surface area contributed by atoms with E-state index in [0.29, 0.717) is 23.7 Å². The number of nitrogens with one attached hydrogen (secondary N) is 1. The van der Waals surface area contributed by atoms with Crippen LogP contribution in [0.1, 0.15) is 31.9 Å². The van der Waals surface area contributed by atoms with Crippen LogP contribution in [0.3, 0.4) is 0 Å². The van der Waals surface area contributed by atoms with Crippen molar-refractivity contribution >= 4 is 29.4 Å². The molecule has 25 heavy (non-hydrogen) atoms. The summed E-state index contributed by atoms with van der Waals surface area (Å²) in [6, 6.07) is 5.49. The number of amides is 4. The summed E-state index contributed by atoms with van der Waals surface area (Å²) in [6.45, 7) is 4.92. The smallest absolute Gasteiger partial charge is 0.312 e. The maximum absolute atomic E-state index is 12.5. The highest BCUT2D eigenvalue weighted by Gasteiger charge is 2.23. The van der Waals surface area contributed by atoms with Gasteiger partial charge in [0.2, 0.25) is 11.8 Å². The Labute approximate surface area is 153 Å². The van der Waals surface area contributed by atoms with Crippen molar-refractivity contribution in [3.8, 4) is 0 Å². The summed E-state index contributed by atoms with van der Waals surface area (Å²) in [4.78, 5) is 38.9. The van der Waals surface area contributed by atoms with Gasteiger partial charge in [-0.15, -0.1) is 0 Å². The van der Waals surface area contributed by atoms with Crippen molar-refractivity contribution in [1.82, 2.24) is 15.1 Å². The molecular weight excluding hydrogens is 344 g/mol. The van der Waals surface area contributed by atoms with E-state index >= 15 is 0 Å². The van der Waals surface area contributed by atoms with Crippen LogP contribution in [0.25, 0.3) is 0 Å². The molecule has 8 heteroatoms. The van der Waals surface area contributed by atoms with Gasteiger partial charge in [0.1, 0.15) is 0 Å². The Hall–Kier alpha value is -2.28. The van der Waals surface area contributed by atoms with Crippen molar-refractivity contribution in [3.63, 3.8) is 0 Å². The topological polar surface area (TPSA) is 95.7 Å². The van der Waals surface area contributed by atoms with Crippen LogP contribution in [-0.4, -0.2) is 54.3 Å². The average Bonchev–Trinajstić information content (AvgIpc) is 2.55. The van der Waals surface area contributed by atoms with E-state index in [9.17, 15) is 14.4 Å². The lowest BCUT2D eigenvalue weighted by molar-refractivity contribution is -0.139. The quantitative estimate of drug-likeness (QED) is 0.731. The molecular formula is C17H25ClN4O3. The lowest BCUT2D eigenvalue weighted by Gasteiger charge is -2.25. The molecule has 0 aliphatic heterocycles. The minimum atomic E-state index is -0.750. The average molecular weight is 369 g/mol. The molecule has 0 aromatic heterocycles. The van der Waals surface area contributed by atoms with Gasteiger partial charge in [-0.25, -0.2) is 4.79 Å². The molecule has 7 nitrogen and oxygen atoms in total. The number of hydrogen-bond acceptors (Lipinski definition) is 3. The SMILES string of the molecule is CCN(CC)C(=O)CN(C)C(=O)CC(NC(N)=O)c1ccccc1Cl. The molecule has 138 valence electrons. The van der Waals surface area contributed by atoms with Gasteiger partial charge in [0.25, 0.3) is 0 Å². The van der Waals surface area contributed by atoms with Crippen LogP contribution in [0.15, 0.2) is 24.3 Å². The molecule has 0 heterocycles. The number of urea groups is 1. The Bertz CT molecular complexity index is 620. The fourth-order valence-corrected chi connectivity index (χ4v) is 2.73. The largest absolute Gasteiger partial charge is 0.352 e. The number of carbonyl (C=O) groups is 3. The van der Waals surface area contributed by atoms with Crippen molar-refractivity contribution in [3.05, 3.63) is 34.9 Å². The summed E-state index contributed by atoms with van der Waals surface area (Å²) in [5, 5.41) is 2.96. The summed E-state index contributed by atoms with van der Waals surface area (Å²) >= 11 is 6.15. The number of likely N-dealkylation sites (N-methyl/N-ethyl adjacent to an activating group) is 2. The first-order valence-electron chi connectivity index (χ1n) is 8.12. The van der Waals surface area contributed by atoms with Gasteiger partial charge >= 0.3 is 6.03 Å². The second kappa shape index (κ2) is 9.88. The third kappa shape index (κ3) is 6.26. The summed E-state index contributed by atoms with van der Waals surface area (Å²) in [6.07, 6.45) is -0.0469. The molecule has 0 radical (unpaired) electrons. The predicted molar refractivity (Wildman–Crippen MR) is 97.1 cm³/mol. The Kier molecular flexibility index (Phi) is 8.21. The normalized spacial score (nSPS) is 11.5. The minimum Gasteiger partial charge on any atom is -0.352 e. The number of primary amides is 1. The van der Waals surface area contributed by atoms with Crippen molar-refractivity contribution in [2.24, 2.45) is 5.73 Å². The first-order chi connectivity index (χ1) is 11.8. The number of halogens is 1. The molecule has 0 fully saturated rings. The Morgan fingerprint density at radius 1 is 1.16 bits per heavy atom. The Morgan fingerprint density at radius 2 is 1.76 bits per heavy atom. The van der Waals surface area contributed by atoms with Gasteiger partial charge in [-0.05, 0) is 25.5 Å². The molecule has 0 bridgehead atoms. The van der Waals surface area contributed by atoms with E-state index in [1.54, 1.807) is 36.2 Å². The predicted octanol–water partition coefficient (Wildman–Crippen LogP) is 1.77. The van der Waals surface area contributed by atoms with E-state index in [1.165, 1.54) is 4.90 Å². The van der Waals surface area contributed by atoms with E-state index in [2.05, 4.69) is 5.32 Å². The molecule has 0 aliphatic carbocycles. The lowest BCUT2D eigenvalue weighted by Crippen LogP contribution is -2.42. The van der Waals surface area contributed by atoms with Gasteiger partial charge in [-0.3, -0.25) is 9.59 Å². The monoisotopic (exact) mass is 368 g/mol. The highest BCUT2D eigenvalue weighted by molar-refractivity contribution is 6.31.